The van der Waals surface area contributed by atoms with Crippen molar-refractivity contribution in [2.45, 2.75) is 154 Å². The van der Waals surface area contributed by atoms with Crippen molar-refractivity contribution in [3.05, 3.63) is 42.5 Å². The predicted molar refractivity (Wildman–Crippen MR) is 246 cm³/mol. The van der Waals surface area contributed by atoms with Crippen molar-refractivity contribution in [3.63, 3.8) is 0 Å². The molecule has 1 aromatic heterocycles. The molecular weight excluding hydrogens is 865 g/mol. The van der Waals surface area contributed by atoms with Gasteiger partial charge in [0.05, 0.1) is 52.8 Å². The van der Waals surface area contributed by atoms with Crippen LogP contribution in [0.2, 0.25) is 0 Å². The van der Waals surface area contributed by atoms with Crippen LogP contribution in [-0.2, 0) is 45.1 Å². The normalized spacial score (nSPS) is 29.1. The number of hydrogen-bond acceptors (Lipinski definition) is 12. The van der Waals surface area contributed by atoms with E-state index in [0.717, 1.165) is 43.1 Å². The molecule has 360 valence electrons. The first kappa shape index (κ1) is 47.8. The smallest absolute Gasteiger partial charge is 0.410 e. The first-order valence-corrected chi connectivity index (χ1v) is 25.4. The summed E-state index contributed by atoms with van der Waals surface area (Å²) in [5.41, 5.74) is -1.21. The highest BCUT2D eigenvalue weighted by molar-refractivity contribution is 7.91. The molecule has 8 rings (SSSR count). The maximum atomic E-state index is 15.0. The van der Waals surface area contributed by atoms with Gasteiger partial charge < -0.3 is 28.7 Å². The fourth-order valence-corrected chi connectivity index (χ4v) is 11.3. The topological polar surface area (TPSA) is 188 Å². The number of rotatable bonds is 10. The van der Waals surface area contributed by atoms with Crippen LogP contribution in [-0.4, -0.2) is 108 Å². The highest BCUT2D eigenvalue weighted by Gasteiger charge is 2.62. The molecule has 2 bridgehead atoms. The van der Waals surface area contributed by atoms with Gasteiger partial charge in [-0.3, -0.25) is 23.9 Å². The van der Waals surface area contributed by atoms with Gasteiger partial charge >= 0.3 is 12.1 Å². The number of likely N-dealkylation sites (tertiary alicyclic amines) is 1. The maximum absolute atomic E-state index is 15.0. The Balaban J connectivity index is 1.11. The number of benzene rings is 1. The van der Waals surface area contributed by atoms with Crippen LogP contribution in [0.15, 0.2) is 36.9 Å². The number of amides is 3. The van der Waals surface area contributed by atoms with E-state index in [1.165, 1.54) is 4.90 Å². The number of allylic oxidation sites excluding steroid dienone is 1. The van der Waals surface area contributed by atoms with Crippen LogP contribution in [0.5, 0.6) is 11.6 Å². The second-order valence-corrected chi connectivity index (χ2v) is 24.5. The number of nitrogens with one attached hydrogen (secondary N) is 1. The molecule has 0 radical (unpaired) electrons. The van der Waals surface area contributed by atoms with Gasteiger partial charge in [-0.05, 0) is 102 Å². The minimum Gasteiger partial charge on any atom is -0.492 e. The summed E-state index contributed by atoms with van der Waals surface area (Å²) < 4.78 is 52.9. The second kappa shape index (κ2) is 17.7. The molecule has 5 fully saturated rings. The maximum Gasteiger partial charge on any atom is 0.410 e. The Labute approximate surface area is 389 Å². The molecule has 1 N–H and O–H groups in total. The summed E-state index contributed by atoms with van der Waals surface area (Å²) in [4.78, 5) is 78.2. The van der Waals surface area contributed by atoms with Crippen LogP contribution in [0.1, 0.15) is 125 Å². The van der Waals surface area contributed by atoms with Crippen LogP contribution in [0.4, 0.5) is 4.79 Å². The number of fused-ring (bicyclic) bond motifs is 5. The van der Waals surface area contributed by atoms with Crippen molar-refractivity contribution in [2.75, 3.05) is 26.2 Å². The van der Waals surface area contributed by atoms with Gasteiger partial charge in [0.1, 0.15) is 23.6 Å². The molecule has 0 unspecified atom stereocenters. The van der Waals surface area contributed by atoms with Crippen LogP contribution in [0.25, 0.3) is 10.9 Å². The molecule has 3 aliphatic carbocycles. The van der Waals surface area contributed by atoms with Gasteiger partial charge in [-0.2, -0.15) is 0 Å². The molecule has 16 heteroatoms. The number of nitrogens with zero attached hydrogens (tertiary/aromatic N) is 3. The van der Waals surface area contributed by atoms with Gasteiger partial charge in [0.25, 0.3) is 0 Å². The summed E-state index contributed by atoms with van der Waals surface area (Å²) in [7, 11) is -3.99. The van der Waals surface area contributed by atoms with Crippen molar-refractivity contribution >= 4 is 50.6 Å². The number of aromatic nitrogens is 1. The molecule has 66 heavy (non-hydrogen) atoms. The van der Waals surface area contributed by atoms with Gasteiger partial charge in [0.2, 0.25) is 27.7 Å². The molecule has 4 heterocycles. The number of hydrogen-bond donors (Lipinski definition) is 1. The van der Waals surface area contributed by atoms with E-state index < -0.39 is 78.7 Å². The molecule has 2 aromatic rings. The monoisotopic (exact) mass is 932 g/mol. The Hall–Kier alpha value is -4.73. The second-order valence-electron chi connectivity index (χ2n) is 22.3. The number of carbonyl (C=O) groups is 5. The number of ether oxygens (including phenoxy) is 4. The number of ketones is 1. The Morgan fingerprint density at radius 3 is 2.39 bits per heavy atom. The number of esters is 1. The molecule has 1 aromatic carbocycles. The molecule has 2 saturated heterocycles. The number of Topliss-reactive ketones (excluding diaryl/α,β-unsaturated/α-hetero) is 1. The molecule has 3 aliphatic heterocycles. The zero-order chi connectivity index (χ0) is 47.6. The van der Waals surface area contributed by atoms with Crippen LogP contribution < -0.4 is 14.2 Å². The first-order valence-electron chi connectivity index (χ1n) is 23.9. The lowest BCUT2D eigenvalue weighted by molar-refractivity contribution is -0.154. The van der Waals surface area contributed by atoms with Crippen molar-refractivity contribution in [1.82, 2.24) is 19.5 Å². The Kier molecular flexibility index (Phi) is 12.8. The number of pyridine rings is 1. The lowest BCUT2D eigenvalue weighted by atomic mass is 9.77. The number of sulfonamides is 1. The van der Waals surface area contributed by atoms with Crippen LogP contribution >= 0.6 is 0 Å². The van der Waals surface area contributed by atoms with E-state index >= 15 is 0 Å². The van der Waals surface area contributed by atoms with E-state index in [9.17, 15) is 32.4 Å². The van der Waals surface area contributed by atoms with Crippen molar-refractivity contribution < 1.29 is 51.3 Å². The highest BCUT2D eigenvalue weighted by atomic mass is 32.2. The largest absolute Gasteiger partial charge is 0.492 e. The number of carbonyl (C=O) groups excluding carboxylic acids is 5. The van der Waals surface area contributed by atoms with Gasteiger partial charge in [-0.15, -0.1) is 6.58 Å². The van der Waals surface area contributed by atoms with E-state index in [1.54, 1.807) is 17.9 Å². The summed E-state index contributed by atoms with van der Waals surface area (Å²) in [6, 6.07) is 6.64. The van der Waals surface area contributed by atoms with E-state index in [4.69, 9.17) is 23.9 Å². The van der Waals surface area contributed by atoms with Crippen molar-refractivity contribution in [3.8, 4) is 11.6 Å². The van der Waals surface area contributed by atoms with Gasteiger partial charge in [-0.25, -0.2) is 18.2 Å². The molecule has 15 nitrogen and oxygen atoms in total. The fourth-order valence-electron chi connectivity index (χ4n) is 9.93. The third-order valence-electron chi connectivity index (χ3n) is 14.7. The molecule has 3 saturated carbocycles. The molecular formula is C50H68N4O11S. The third kappa shape index (κ3) is 10.1. The van der Waals surface area contributed by atoms with Crippen LogP contribution in [0, 0.1) is 34.5 Å². The zero-order valence-electron chi connectivity index (χ0n) is 39.7. The summed E-state index contributed by atoms with van der Waals surface area (Å²) in [5.74, 6) is -1.93. The SMILES string of the molecule is C=C[C@@H]1C[C@]1(CC(=O)[C@@H]1C[C@@H]2CN1C(=O)[C@H](C(C)(C)C)CC(=O)O[C@@H]1C[C@H]1CCCCCc1c(nc3ccccc3c1OCC1CN(C(=O)OC(C)(C)C)C1)O2)C(=O)NS(=O)(=O)C1(C)CC1. The average molecular weight is 933 g/mol. The Morgan fingerprint density at radius 2 is 1.73 bits per heavy atom. The lowest BCUT2D eigenvalue weighted by Crippen LogP contribution is -2.53. The number of para-hydroxylation sites is 1. The van der Waals surface area contributed by atoms with E-state index in [2.05, 4.69) is 11.3 Å². The average Bonchev–Trinajstić information content (AvgIpc) is 4.17. The molecule has 7 atom stereocenters. The van der Waals surface area contributed by atoms with E-state index in [-0.39, 0.29) is 56.3 Å². The lowest BCUT2D eigenvalue weighted by Gasteiger charge is -2.39. The van der Waals surface area contributed by atoms with E-state index in [0.29, 0.717) is 56.1 Å². The molecule has 6 aliphatic rings. The summed E-state index contributed by atoms with van der Waals surface area (Å²) in [6.45, 7) is 18.0. The minimum atomic E-state index is -3.99. The molecule has 0 spiro atoms. The van der Waals surface area contributed by atoms with Crippen LogP contribution in [0.3, 0.4) is 0 Å². The molecule has 3 amide bonds. The Bertz CT molecular complexity index is 2380. The highest BCUT2D eigenvalue weighted by Crippen LogP contribution is 2.57. The zero-order valence-corrected chi connectivity index (χ0v) is 40.5. The van der Waals surface area contributed by atoms with Gasteiger partial charge in [0, 0.05) is 37.2 Å². The predicted octanol–water partition coefficient (Wildman–Crippen LogP) is 7.08. The minimum absolute atomic E-state index is 0.00505. The van der Waals surface area contributed by atoms with Gasteiger partial charge in [0.15, 0.2) is 5.78 Å². The summed E-state index contributed by atoms with van der Waals surface area (Å²) in [6.07, 6.45) is 5.96. The summed E-state index contributed by atoms with van der Waals surface area (Å²) in [5, 5.41) is 0.819. The quantitative estimate of drug-likeness (QED) is 0.189. The van der Waals surface area contributed by atoms with Crippen molar-refractivity contribution in [1.29, 1.82) is 0 Å². The van der Waals surface area contributed by atoms with Gasteiger partial charge in [-0.1, -0.05) is 51.8 Å². The van der Waals surface area contributed by atoms with E-state index in [1.807, 2.05) is 65.8 Å². The van der Waals surface area contributed by atoms with Crippen molar-refractivity contribution in [2.24, 2.45) is 34.5 Å². The Morgan fingerprint density at radius 1 is 1.00 bits per heavy atom. The third-order valence-corrected chi connectivity index (χ3v) is 16.9. The first-order chi connectivity index (χ1) is 31.0. The summed E-state index contributed by atoms with van der Waals surface area (Å²) >= 11 is 0. The fraction of sp³-hybridized carbons (Fsp3) is 0.680. The standard InChI is InChI=1S/C50H68N4O11S/c1-9-32-24-50(32,45(58)52-66(60,61)49(8)19-20-49)25-39(55)38-22-33-28-54(38)44(57)36(47(2,3)4)23-41(56)64-40-21-31(40)15-11-10-12-17-35-42(34-16-13-14-18-37(34)51-43(35)63-33)62-29-30-26-53(27-30)46(59)65-48(5,6)7/h9,13-14,16,18,30-33,36,38,40H,1,10-12,15,17,19-29H2,2-8H3,(H,52,58)/t31-,32-,33-,36-,38+,40-,50-/m1/s1.